The van der Waals surface area contributed by atoms with Crippen LogP contribution >= 0.6 is 0 Å². The first-order valence-electron chi connectivity index (χ1n) is 10.8. The van der Waals surface area contributed by atoms with Gasteiger partial charge >= 0.3 is 0 Å². The zero-order valence-electron chi connectivity index (χ0n) is 18.0. The Morgan fingerprint density at radius 3 is 1.70 bits per heavy atom. The summed E-state index contributed by atoms with van der Waals surface area (Å²) < 4.78 is 0. The molecule has 0 nitrogen and oxygen atoms in total. The summed E-state index contributed by atoms with van der Waals surface area (Å²) >= 11 is 0. The summed E-state index contributed by atoms with van der Waals surface area (Å²) in [5.41, 5.74) is 4.54. The Balaban J connectivity index is 1.88. The second-order valence-electron chi connectivity index (χ2n) is 9.65. The Kier molecular flexibility index (Phi) is 4.52. The molecule has 1 aliphatic rings. The van der Waals surface area contributed by atoms with Gasteiger partial charge in [-0.15, -0.1) is 0 Å². The van der Waals surface area contributed by atoms with E-state index in [-0.39, 0.29) is 5.41 Å². The van der Waals surface area contributed by atoms with E-state index in [1.165, 1.54) is 32.3 Å². The average Bonchev–Trinajstić information content (AvgIpc) is 3.04. The Labute approximate surface area is 181 Å². The smallest absolute Gasteiger partial charge is 0.0623 e. The molecule has 0 fully saturated rings. The fourth-order valence-electron chi connectivity index (χ4n) is 5.21. The number of benzene rings is 4. The van der Waals surface area contributed by atoms with Crippen molar-refractivity contribution in [2.24, 2.45) is 5.41 Å². The molecule has 4 aromatic rings. The molecule has 0 aromatic heterocycles. The third kappa shape index (κ3) is 2.97. The molecule has 0 N–H and O–H groups in total. The predicted octanol–water partition coefficient (Wildman–Crippen LogP) is 4.63. The third-order valence-corrected chi connectivity index (χ3v) is 11.1. The summed E-state index contributed by atoms with van der Waals surface area (Å²) in [6, 6.07) is 38.8. The summed E-state index contributed by atoms with van der Waals surface area (Å²) in [5.74, 6) is 0. The van der Waals surface area contributed by atoms with Crippen LogP contribution in [0.4, 0.5) is 0 Å². The van der Waals surface area contributed by atoms with E-state index in [2.05, 4.69) is 124 Å². The highest BCUT2D eigenvalue weighted by Gasteiger charge is 2.48. The van der Waals surface area contributed by atoms with E-state index < -0.39 is 8.07 Å². The van der Waals surface area contributed by atoms with E-state index in [0.717, 1.165) is 6.42 Å². The quantitative estimate of drug-likeness (QED) is 0.385. The van der Waals surface area contributed by atoms with Gasteiger partial charge in [0, 0.05) is 0 Å². The van der Waals surface area contributed by atoms with Gasteiger partial charge < -0.3 is 0 Å². The molecule has 1 heterocycles. The molecule has 0 radical (unpaired) electrons. The van der Waals surface area contributed by atoms with Crippen molar-refractivity contribution in [2.75, 3.05) is 0 Å². The molecular formula is C29H28Si. The van der Waals surface area contributed by atoms with Crippen LogP contribution in [-0.4, -0.2) is 8.07 Å². The maximum atomic E-state index is 2.53. The van der Waals surface area contributed by atoms with Crippen molar-refractivity contribution in [3.8, 4) is 11.1 Å². The third-order valence-electron chi connectivity index (χ3n) is 6.26. The molecule has 1 aliphatic heterocycles. The summed E-state index contributed by atoms with van der Waals surface area (Å²) in [6.45, 7) is 6.98. The number of fused-ring (bicyclic) bond motifs is 3. The molecular weight excluding hydrogens is 376 g/mol. The number of hydrogen-bond donors (Lipinski definition) is 0. The fraction of sp³-hybridized carbons (Fsp3) is 0.172. The Morgan fingerprint density at radius 2 is 1.10 bits per heavy atom. The predicted molar refractivity (Wildman–Crippen MR) is 132 cm³/mol. The molecule has 1 heteroatoms. The molecule has 0 unspecified atom stereocenters. The monoisotopic (exact) mass is 404 g/mol. The zero-order valence-corrected chi connectivity index (χ0v) is 19.0. The normalized spacial score (nSPS) is 14.2. The van der Waals surface area contributed by atoms with Crippen molar-refractivity contribution in [3.05, 3.63) is 109 Å². The summed E-state index contributed by atoms with van der Waals surface area (Å²) in [4.78, 5) is 0. The molecule has 4 aromatic carbocycles. The van der Waals surface area contributed by atoms with Crippen LogP contribution in [0.1, 0.15) is 26.3 Å². The van der Waals surface area contributed by atoms with Crippen LogP contribution in [0.15, 0.2) is 103 Å². The molecule has 30 heavy (non-hydrogen) atoms. The molecule has 0 atom stereocenters. The number of rotatable bonds is 3. The van der Waals surface area contributed by atoms with E-state index >= 15 is 0 Å². The van der Waals surface area contributed by atoms with Crippen LogP contribution in [0, 0.1) is 5.41 Å². The average molecular weight is 405 g/mol. The lowest BCUT2D eigenvalue weighted by atomic mass is 9.87. The van der Waals surface area contributed by atoms with Gasteiger partial charge in [-0.1, -0.05) is 124 Å². The van der Waals surface area contributed by atoms with Gasteiger partial charge in [-0.25, -0.2) is 0 Å². The van der Waals surface area contributed by atoms with Crippen LogP contribution in [0.5, 0.6) is 0 Å². The highest BCUT2D eigenvalue weighted by atomic mass is 28.3. The summed E-state index contributed by atoms with van der Waals surface area (Å²) in [6.07, 6.45) is 1.09. The maximum Gasteiger partial charge on any atom is 0.180 e. The minimum atomic E-state index is -2.33. The Morgan fingerprint density at radius 1 is 0.567 bits per heavy atom. The first-order chi connectivity index (χ1) is 14.5. The van der Waals surface area contributed by atoms with Gasteiger partial charge in [0.1, 0.15) is 0 Å². The van der Waals surface area contributed by atoms with Gasteiger partial charge in [0.25, 0.3) is 0 Å². The highest BCUT2D eigenvalue weighted by molar-refractivity contribution is 7.22. The Hall–Kier alpha value is -2.90. The standard InChI is InChI=1S/C29H28Si/c1-29(2,3)21-22-18-19-26-25-16-10-11-17-27(25)30(28(26)20-22,23-12-6-4-7-13-23)24-14-8-5-9-15-24/h4-20H,21H2,1-3H3. The molecule has 148 valence electrons. The lowest BCUT2D eigenvalue weighted by Gasteiger charge is -2.31. The van der Waals surface area contributed by atoms with E-state index in [9.17, 15) is 0 Å². The second kappa shape index (κ2) is 7.11. The first kappa shape index (κ1) is 19.1. The molecule has 0 aliphatic carbocycles. The minimum Gasteiger partial charge on any atom is -0.0623 e. The maximum absolute atomic E-state index is 2.53. The first-order valence-corrected chi connectivity index (χ1v) is 12.8. The topological polar surface area (TPSA) is 0 Å². The SMILES string of the molecule is CC(C)(C)Cc1ccc2c(c1)[Si](c1ccccc1)(c1ccccc1)c1ccccc1-2. The molecule has 5 rings (SSSR count). The molecule has 0 saturated heterocycles. The van der Waals surface area contributed by atoms with Crippen molar-refractivity contribution in [3.63, 3.8) is 0 Å². The van der Waals surface area contributed by atoms with Crippen LogP contribution < -0.4 is 20.7 Å². The lowest BCUT2D eigenvalue weighted by Crippen LogP contribution is -2.72. The zero-order chi connectivity index (χ0) is 20.8. The van der Waals surface area contributed by atoms with Crippen molar-refractivity contribution < 1.29 is 0 Å². The van der Waals surface area contributed by atoms with Crippen molar-refractivity contribution >= 4 is 28.8 Å². The largest absolute Gasteiger partial charge is 0.180 e. The molecule has 0 bridgehead atoms. The second-order valence-corrected chi connectivity index (χ2v) is 13.4. The van der Waals surface area contributed by atoms with E-state index in [1.54, 1.807) is 5.19 Å². The van der Waals surface area contributed by atoms with Gasteiger partial charge in [0.05, 0.1) is 0 Å². The van der Waals surface area contributed by atoms with E-state index in [1.807, 2.05) is 0 Å². The minimum absolute atomic E-state index is 0.267. The molecule has 0 amide bonds. The van der Waals surface area contributed by atoms with Crippen molar-refractivity contribution in [2.45, 2.75) is 27.2 Å². The van der Waals surface area contributed by atoms with Gasteiger partial charge in [-0.2, -0.15) is 0 Å². The highest BCUT2D eigenvalue weighted by Crippen LogP contribution is 2.30. The lowest BCUT2D eigenvalue weighted by molar-refractivity contribution is 0.411. The number of hydrogen-bond acceptors (Lipinski definition) is 0. The van der Waals surface area contributed by atoms with Crippen LogP contribution in [-0.2, 0) is 6.42 Å². The molecule has 0 spiro atoms. The van der Waals surface area contributed by atoms with Crippen LogP contribution in [0.25, 0.3) is 11.1 Å². The van der Waals surface area contributed by atoms with Gasteiger partial charge in [0.2, 0.25) is 0 Å². The summed E-state index contributed by atoms with van der Waals surface area (Å²) in [5, 5.41) is 6.00. The van der Waals surface area contributed by atoms with Gasteiger partial charge in [-0.05, 0) is 49.3 Å². The van der Waals surface area contributed by atoms with Crippen LogP contribution in [0.2, 0.25) is 0 Å². The molecule has 0 saturated carbocycles. The fourth-order valence-corrected chi connectivity index (χ4v) is 10.5. The Bertz CT molecular complexity index is 1140. The van der Waals surface area contributed by atoms with Crippen molar-refractivity contribution in [1.82, 2.24) is 0 Å². The van der Waals surface area contributed by atoms with Gasteiger partial charge in [0.15, 0.2) is 8.07 Å². The van der Waals surface area contributed by atoms with Crippen LogP contribution in [0.3, 0.4) is 0 Å². The van der Waals surface area contributed by atoms with Crippen molar-refractivity contribution in [1.29, 1.82) is 0 Å². The van der Waals surface area contributed by atoms with E-state index in [4.69, 9.17) is 0 Å². The van der Waals surface area contributed by atoms with E-state index in [0.29, 0.717) is 0 Å². The summed E-state index contributed by atoms with van der Waals surface area (Å²) in [7, 11) is -2.33. The van der Waals surface area contributed by atoms with Gasteiger partial charge in [-0.3, -0.25) is 0 Å².